The molecule has 0 fully saturated rings. The first-order chi connectivity index (χ1) is 17.0. The molecule has 4 rings (SSSR count). The van der Waals surface area contributed by atoms with Crippen molar-refractivity contribution in [1.82, 2.24) is 4.57 Å². The highest BCUT2D eigenvalue weighted by molar-refractivity contribution is 6.04. The van der Waals surface area contributed by atoms with Crippen molar-refractivity contribution < 1.29 is 4.79 Å². The molecule has 0 aliphatic heterocycles. The number of rotatable bonds is 7. The maximum absolute atomic E-state index is 14.0. The Kier molecular flexibility index (Phi) is 7.23. The van der Waals surface area contributed by atoms with Gasteiger partial charge < -0.3 is 5.32 Å². The number of nitrogens with zero attached hydrogens (tertiary/aromatic N) is 2. The normalized spacial score (nSPS) is 10.5. The highest BCUT2D eigenvalue weighted by atomic mass is 16.2. The smallest absolute Gasteiger partial charge is 0.279 e. The Hall–Kier alpha value is -4.43. The first kappa shape index (κ1) is 23.7. The van der Waals surface area contributed by atoms with Crippen molar-refractivity contribution in [2.75, 3.05) is 5.32 Å². The number of carbonyl (C=O) groups is 1. The fraction of sp³-hybridized carbons (Fsp3) is 0.167. The van der Waals surface area contributed by atoms with Gasteiger partial charge in [0.1, 0.15) is 5.69 Å². The first-order valence-electron chi connectivity index (χ1n) is 11.8. The van der Waals surface area contributed by atoms with Crippen molar-refractivity contribution in [1.29, 1.82) is 5.26 Å². The van der Waals surface area contributed by atoms with Crippen LogP contribution in [-0.2, 0) is 6.42 Å². The van der Waals surface area contributed by atoms with Gasteiger partial charge in [-0.15, -0.1) is 0 Å². The van der Waals surface area contributed by atoms with Gasteiger partial charge in [-0.25, -0.2) is 0 Å². The Balaban J connectivity index is 1.92. The number of unbranched alkanes of at least 4 members (excludes halogenated alkanes) is 1. The molecule has 35 heavy (non-hydrogen) atoms. The number of benzene rings is 3. The molecule has 0 spiro atoms. The van der Waals surface area contributed by atoms with Gasteiger partial charge in [-0.1, -0.05) is 67.9 Å². The Morgan fingerprint density at radius 1 is 0.943 bits per heavy atom. The third-order valence-electron chi connectivity index (χ3n) is 6.03. The minimum atomic E-state index is -0.332. The average Bonchev–Trinajstić information content (AvgIpc) is 2.90. The van der Waals surface area contributed by atoms with E-state index < -0.39 is 0 Å². The number of para-hydroxylation sites is 1. The van der Waals surface area contributed by atoms with E-state index in [1.54, 1.807) is 34.9 Å². The molecule has 0 radical (unpaired) electrons. The second-order valence-electron chi connectivity index (χ2n) is 8.43. The van der Waals surface area contributed by atoms with Crippen LogP contribution in [0.25, 0.3) is 16.8 Å². The summed E-state index contributed by atoms with van der Waals surface area (Å²) in [6, 6.07) is 28.0. The summed E-state index contributed by atoms with van der Waals surface area (Å²) >= 11 is 0. The summed E-state index contributed by atoms with van der Waals surface area (Å²) in [4.78, 5) is 26.9. The molecule has 1 aromatic heterocycles. The molecule has 1 amide bonds. The van der Waals surface area contributed by atoms with E-state index in [1.807, 2.05) is 61.5 Å². The van der Waals surface area contributed by atoms with Crippen LogP contribution in [0.5, 0.6) is 0 Å². The molecule has 174 valence electrons. The van der Waals surface area contributed by atoms with Crippen LogP contribution in [0.4, 0.5) is 5.69 Å². The van der Waals surface area contributed by atoms with E-state index in [4.69, 9.17) is 0 Å². The number of hydrogen-bond donors (Lipinski definition) is 1. The van der Waals surface area contributed by atoms with E-state index in [0.29, 0.717) is 23.2 Å². The van der Waals surface area contributed by atoms with Crippen LogP contribution >= 0.6 is 0 Å². The minimum Gasteiger partial charge on any atom is -0.317 e. The lowest BCUT2D eigenvalue weighted by molar-refractivity contribution is 0.102. The molecule has 1 heterocycles. The topological polar surface area (TPSA) is 74.9 Å². The predicted molar refractivity (Wildman–Crippen MR) is 140 cm³/mol. The van der Waals surface area contributed by atoms with Gasteiger partial charge in [0.25, 0.3) is 11.5 Å². The van der Waals surface area contributed by atoms with Crippen LogP contribution in [-0.4, -0.2) is 10.5 Å². The van der Waals surface area contributed by atoms with E-state index in [-0.39, 0.29) is 17.2 Å². The fourth-order valence-electron chi connectivity index (χ4n) is 4.24. The molecular formula is C30H27N3O2. The van der Waals surface area contributed by atoms with Crippen molar-refractivity contribution in [2.45, 2.75) is 33.1 Å². The van der Waals surface area contributed by atoms with Crippen LogP contribution in [0.2, 0.25) is 0 Å². The Bertz CT molecular complexity index is 1460. The summed E-state index contributed by atoms with van der Waals surface area (Å²) < 4.78 is 1.69. The number of pyridine rings is 1. The van der Waals surface area contributed by atoms with Gasteiger partial charge in [0.05, 0.1) is 17.3 Å². The number of aromatic nitrogens is 1. The fourth-order valence-corrected chi connectivity index (χ4v) is 4.24. The lowest BCUT2D eigenvalue weighted by Gasteiger charge is -2.20. The molecule has 3 aromatic carbocycles. The number of amides is 1. The maximum atomic E-state index is 14.0. The van der Waals surface area contributed by atoms with Gasteiger partial charge in [0, 0.05) is 22.4 Å². The Morgan fingerprint density at radius 3 is 2.31 bits per heavy atom. The molecule has 5 heteroatoms. The van der Waals surface area contributed by atoms with Crippen molar-refractivity contribution in [3.63, 3.8) is 0 Å². The van der Waals surface area contributed by atoms with E-state index in [9.17, 15) is 14.9 Å². The quantitative estimate of drug-likeness (QED) is 0.352. The third-order valence-corrected chi connectivity index (χ3v) is 6.03. The van der Waals surface area contributed by atoms with Crippen LogP contribution in [0, 0.1) is 18.3 Å². The molecular weight excluding hydrogens is 434 g/mol. The van der Waals surface area contributed by atoms with Gasteiger partial charge >= 0.3 is 0 Å². The second-order valence-corrected chi connectivity index (χ2v) is 8.43. The summed E-state index contributed by atoms with van der Waals surface area (Å²) in [5.41, 5.74) is 4.80. The second kappa shape index (κ2) is 10.7. The largest absolute Gasteiger partial charge is 0.317 e. The summed E-state index contributed by atoms with van der Waals surface area (Å²) in [5, 5.41) is 12.5. The molecule has 0 aliphatic carbocycles. The van der Waals surface area contributed by atoms with E-state index in [0.717, 1.165) is 35.2 Å². The van der Waals surface area contributed by atoms with Crippen LogP contribution in [0.15, 0.2) is 89.7 Å². The van der Waals surface area contributed by atoms with Gasteiger partial charge in [0.15, 0.2) is 0 Å². The number of anilines is 1. The Labute approximate surface area is 205 Å². The van der Waals surface area contributed by atoms with Crippen LogP contribution in [0.3, 0.4) is 0 Å². The van der Waals surface area contributed by atoms with E-state index >= 15 is 0 Å². The number of hydrogen-bond acceptors (Lipinski definition) is 3. The molecule has 5 nitrogen and oxygen atoms in total. The zero-order valence-electron chi connectivity index (χ0n) is 19.9. The highest BCUT2D eigenvalue weighted by Crippen LogP contribution is 2.30. The highest BCUT2D eigenvalue weighted by Gasteiger charge is 2.19. The average molecular weight is 462 g/mol. The van der Waals surface area contributed by atoms with Crippen molar-refractivity contribution >= 4 is 11.6 Å². The summed E-state index contributed by atoms with van der Waals surface area (Å²) in [5.74, 6) is -0.332. The van der Waals surface area contributed by atoms with Gasteiger partial charge in [0.2, 0.25) is 0 Å². The van der Waals surface area contributed by atoms with Gasteiger partial charge in [-0.3, -0.25) is 14.2 Å². The molecule has 4 aromatic rings. The van der Waals surface area contributed by atoms with Crippen LogP contribution < -0.4 is 10.9 Å². The Morgan fingerprint density at radius 2 is 1.60 bits per heavy atom. The van der Waals surface area contributed by atoms with Crippen molar-refractivity contribution in [2.24, 2.45) is 0 Å². The van der Waals surface area contributed by atoms with E-state index in [1.165, 1.54) is 0 Å². The predicted octanol–water partition coefficient (Wildman–Crippen LogP) is 6.28. The number of aryl methyl sites for hydroxylation is 2. The van der Waals surface area contributed by atoms with E-state index in [2.05, 4.69) is 18.3 Å². The van der Waals surface area contributed by atoms with Gasteiger partial charge in [-0.05, 0) is 55.7 Å². The summed E-state index contributed by atoms with van der Waals surface area (Å²) in [7, 11) is 0. The number of carbonyl (C=O) groups excluding carboxylic acids is 1. The zero-order chi connectivity index (χ0) is 24.8. The molecule has 0 aliphatic rings. The van der Waals surface area contributed by atoms with Crippen molar-refractivity contribution in [3.8, 4) is 22.9 Å². The van der Waals surface area contributed by atoms with Crippen LogP contribution in [0.1, 0.15) is 46.9 Å². The molecule has 0 saturated carbocycles. The number of nitriles is 1. The standard InChI is InChI=1S/C30H27N3O2/c1-3-4-15-24-19-21(2)28(32-29(34)22-12-6-5-7-13-22)30(35)33(24)27-18-11-10-17-26(27)25-16-9-8-14-23(25)20-31/h5-14,16-19H,3-4,15H2,1-2H3,(H,32,34). The monoisotopic (exact) mass is 461 g/mol. The van der Waals surface area contributed by atoms with Crippen molar-refractivity contribution in [3.05, 3.63) is 118 Å². The molecule has 0 atom stereocenters. The molecule has 0 bridgehead atoms. The molecule has 0 unspecified atom stereocenters. The van der Waals surface area contributed by atoms with Gasteiger partial charge in [-0.2, -0.15) is 5.26 Å². The molecule has 1 N–H and O–H groups in total. The molecule has 0 saturated heterocycles. The number of nitrogens with one attached hydrogen (secondary N) is 1. The summed E-state index contributed by atoms with van der Waals surface area (Å²) in [6.07, 6.45) is 2.62. The third kappa shape index (κ3) is 4.92. The lowest BCUT2D eigenvalue weighted by Crippen LogP contribution is -2.28. The maximum Gasteiger partial charge on any atom is 0.279 e. The lowest BCUT2D eigenvalue weighted by atomic mass is 9.98. The summed E-state index contributed by atoms with van der Waals surface area (Å²) in [6.45, 7) is 3.96. The SMILES string of the molecule is CCCCc1cc(C)c(NC(=O)c2ccccc2)c(=O)n1-c1ccccc1-c1ccccc1C#N. The zero-order valence-corrected chi connectivity index (χ0v) is 19.9. The minimum absolute atomic E-state index is 0.252. The first-order valence-corrected chi connectivity index (χ1v) is 11.8.